The molecule has 0 fully saturated rings. The molecule has 0 amide bonds. The van der Waals surface area contributed by atoms with Crippen LogP contribution in [0.2, 0.25) is 0 Å². The van der Waals surface area contributed by atoms with Crippen molar-refractivity contribution in [3.63, 3.8) is 0 Å². The minimum Gasteiger partial charge on any atom is -0.328 e. The minimum atomic E-state index is -3.19. The number of sulfone groups is 1. The molecule has 0 heterocycles. The molecule has 1 unspecified atom stereocenters. The lowest BCUT2D eigenvalue weighted by Crippen LogP contribution is -2.19. The van der Waals surface area contributed by atoms with Gasteiger partial charge in [0.05, 0.1) is 4.90 Å². The van der Waals surface area contributed by atoms with E-state index in [9.17, 15) is 8.42 Å². The summed E-state index contributed by atoms with van der Waals surface area (Å²) in [6.45, 7) is 1.86. The minimum absolute atomic E-state index is 0. The maximum Gasteiger partial charge on any atom is 0.175 e. The Hall–Kier alpha value is -0.100. The Balaban J connectivity index is 0.00000225. The average molecular weight is 329 g/mol. The highest BCUT2D eigenvalue weighted by Gasteiger charge is 2.14. The van der Waals surface area contributed by atoms with E-state index < -0.39 is 9.84 Å². The van der Waals surface area contributed by atoms with E-state index in [0.29, 0.717) is 11.3 Å². The fraction of sp³-hybridized carbons (Fsp3) is 0.400. The molecule has 92 valence electrons. The Labute approximate surface area is 111 Å². The van der Waals surface area contributed by atoms with Crippen molar-refractivity contribution < 1.29 is 8.42 Å². The van der Waals surface area contributed by atoms with Crippen molar-refractivity contribution in [2.45, 2.75) is 24.3 Å². The summed E-state index contributed by atoms with van der Waals surface area (Å²) in [4.78, 5) is 0.356. The predicted molar refractivity (Wildman–Crippen MR) is 71.9 cm³/mol. The predicted octanol–water partition coefficient (Wildman–Crippen LogP) is 2.16. The van der Waals surface area contributed by atoms with Gasteiger partial charge in [0.15, 0.2) is 9.84 Å². The quantitative estimate of drug-likeness (QED) is 0.925. The highest BCUT2D eigenvalue weighted by molar-refractivity contribution is 9.10. The van der Waals surface area contributed by atoms with Crippen LogP contribution in [-0.4, -0.2) is 20.7 Å². The Kier molecular flexibility index (Phi) is 5.96. The molecular weight excluding hydrogens is 314 g/mol. The smallest absolute Gasteiger partial charge is 0.175 e. The van der Waals surface area contributed by atoms with Crippen LogP contribution in [0.3, 0.4) is 0 Å². The van der Waals surface area contributed by atoms with E-state index >= 15 is 0 Å². The van der Waals surface area contributed by atoms with E-state index in [4.69, 9.17) is 5.73 Å². The van der Waals surface area contributed by atoms with Crippen LogP contribution < -0.4 is 5.73 Å². The molecule has 6 heteroatoms. The zero-order valence-electron chi connectivity index (χ0n) is 9.10. The van der Waals surface area contributed by atoms with Crippen LogP contribution in [0, 0.1) is 0 Å². The third kappa shape index (κ3) is 4.41. The highest BCUT2D eigenvalue weighted by Crippen LogP contribution is 2.22. The second-order valence-corrected chi connectivity index (χ2v) is 6.61. The van der Waals surface area contributed by atoms with Gasteiger partial charge >= 0.3 is 0 Å². The van der Waals surface area contributed by atoms with Crippen molar-refractivity contribution in [1.82, 2.24) is 0 Å². The largest absolute Gasteiger partial charge is 0.328 e. The van der Waals surface area contributed by atoms with Gasteiger partial charge in [-0.25, -0.2) is 8.42 Å². The second-order valence-electron chi connectivity index (χ2n) is 3.71. The molecule has 1 rings (SSSR count). The molecule has 1 aromatic carbocycles. The third-order valence-electron chi connectivity index (χ3n) is 1.97. The van der Waals surface area contributed by atoms with Crippen LogP contribution in [0.1, 0.15) is 12.5 Å². The van der Waals surface area contributed by atoms with Crippen LogP contribution in [0.25, 0.3) is 0 Å². The molecule has 0 saturated heterocycles. The van der Waals surface area contributed by atoms with Gasteiger partial charge in [-0.15, -0.1) is 12.4 Å². The summed E-state index contributed by atoms with van der Waals surface area (Å²) in [6.07, 6.45) is 1.77. The van der Waals surface area contributed by atoms with Crippen LogP contribution in [0.5, 0.6) is 0 Å². The van der Waals surface area contributed by atoms with Gasteiger partial charge in [0, 0.05) is 16.8 Å². The van der Waals surface area contributed by atoms with Gasteiger partial charge in [-0.3, -0.25) is 0 Å². The summed E-state index contributed by atoms with van der Waals surface area (Å²) in [5, 5.41) is 0. The summed E-state index contributed by atoms with van der Waals surface area (Å²) in [5.41, 5.74) is 6.44. The van der Waals surface area contributed by atoms with Gasteiger partial charge in [0.1, 0.15) is 0 Å². The van der Waals surface area contributed by atoms with Crippen molar-refractivity contribution in [1.29, 1.82) is 0 Å². The Morgan fingerprint density at radius 3 is 2.44 bits per heavy atom. The number of nitrogens with two attached hydrogens (primary N) is 1. The molecule has 16 heavy (non-hydrogen) atoms. The maximum atomic E-state index is 11.5. The molecule has 3 nitrogen and oxygen atoms in total. The fourth-order valence-corrected chi connectivity index (χ4v) is 2.87. The lowest BCUT2D eigenvalue weighted by Gasteiger charge is -2.10. The summed E-state index contributed by atoms with van der Waals surface area (Å²) in [5.74, 6) is 0. The molecule has 0 aliphatic heterocycles. The van der Waals surface area contributed by atoms with Gasteiger partial charge in [0.25, 0.3) is 0 Å². The van der Waals surface area contributed by atoms with Crippen LogP contribution in [0.15, 0.2) is 27.6 Å². The van der Waals surface area contributed by atoms with Gasteiger partial charge < -0.3 is 5.73 Å². The summed E-state index contributed by atoms with van der Waals surface area (Å²) in [7, 11) is -3.19. The molecule has 0 spiro atoms. The van der Waals surface area contributed by atoms with E-state index in [1.807, 2.05) is 13.0 Å². The molecule has 2 N–H and O–H groups in total. The standard InChI is InChI=1S/C10H14BrNO2S.ClH/c1-7(12)5-8-3-4-9(11)6-10(8)15(2,13)14;/h3-4,6-7H,5,12H2,1-2H3;1H. The molecule has 0 aliphatic carbocycles. The topological polar surface area (TPSA) is 60.2 Å². The van der Waals surface area contributed by atoms with Crippen molar-refractivity contribution in [2.24, 2.45) is 5.73 Å². The van der Waals surface area contributed by atoms with Crippen molar-refractivity contribution >= 4 is 38.2 Å². The average Bonchev–Trinajstić information content (AvgIpc) is 2.05. The molecule has 0 aliphatic rings. The highest BCUT2D eigenvalue weighted by atomic mass is 79.9. The van der Waals surface area contributed by atoms with E-state index in [0.717, 1.165) is 10.0 Å². The van der Waals surface area contributed by atoms with Gasteiger partial charge in [-0.1, -0.05) is 22.0 Å². The molecule has 1 atom stereocenters. The van der Waals surface area contributed by atoms with E-state index in [-0.39, 0.29) is 18.4 Å². The number of halogens is 2. The van der Waals surface area contributed by atoms with Gasteiger partial charge in [0.2, 0.25) is 0 Å². The van der Waals surface area contributed by atoms with Gasteiger partial charge in [-0.05, 0) is 31.0 Å². The zero-order chi connectivity index (χ0) is 11.6. The van der Waals surface area contributed by atoms with Crippen LogP contribution in [-0.2, 0) is 16.3 Å². The molecule has 0 aromatic heterocycles. The second kappa shape index (κ2) is 6.00. The van der Waals surface area contributed by atoms with Crippen molar-refractivity contribution in [3.8, 4) is 0 Å². The molecule has 0 radical (unpaired) electrons. The monoisotopic (exact) mass is 327 g/mol. The first-order valence-electron chi connectivity index (χ1n) is 4.55. The molecule has 1 aromatic rings. The van der Waals surface area contributed by atoms with E-state index in [2.05, 4.69) is 15.9 Å². The summed E-state index contributed by atoms with van der Waals surface area (Å²) >= 11 is 3.26. The Morgan fingerprint density at radius 1 is 1.44 bits per heavy atom. The number of hydrogen-bond donors (Lipinski definition) is 1. The third-order valence-corrected chi connectivity index (χ3v) is 3.64. The number of rotatable bonds is 3. The van der Waals surface area contributed by atoms with Crippen molar-refractivity contribution in [2.75, 3.05) is 6.26 Å². The SMILES string of the molecule is CC(N)Cc1ccc(Br)cc1S(C)(=O)=O.Cl. The molecule has 0 bridgehead atoms. The Bertz CT molecular complexity index is 460. The Morgan fingerprint density at radius 2 is 2.00 bits per heavy atom. The number of benzene rings is 1. The molecule has 0 saturated carbocycles. The summed E-state index contributed by atoms with van der Waals surface area (Å²) < 4.78 is 23.8. The van der Waals surface area contributed by atoms with Crippen LogP contribution in [0.4, 0.5) is 0 Å². The lowest BCUT2D eigenvalue weighted by molar-refractivity contribution is 0.599. The first-order valence-corrected chi connectivity index (χ1v) is 7.23. The first kappa shape index (κ1) is 15.9. The van der Waals surface area contributed by atoms with E-state index in [1.165, 1.54) is 6.26 Å². The maximum absolute atomic E-state index is 11.5. The molecular formula is C10H15BrClNO2S. The first-order chi connectivity index (χ1) is 6.80. The summed E-state index contributed by atoms with van der Waals surface area (Å²) in [6, 6.07) is 5.19. The van der Waals surface area contributed by atoms with Crippen molar-refractivity contribution in [3.05, 3.63) is 28.2 Å². The number of hydrogen-bond acceptors (Lipinski definition) is 3. The fourth-order valence-electron chi connectivity index (χ4n) is 1.39. The lowest BCUT2D eigenvalue weighted by atomic mass is 10.1. The zero-order valence-corrected chi connectivity index (χ0v) is 12.3. The van der Waals surface area contributed by atoms with E-state index in [1.54, 1.807) is 12.1 Å². The normalized spacial score (nSPS) is 13.0. The van der Waals surface area contributed by atoms with Crippen LogP contribution >= 0.6 is 28.3 Å². The van der Waals surface area contributed by atoms with Gasteiger partial charge in [-0.2, -0.15) is 0 Å².